The summed E-state index contributed by atoms with van der Waals surface area (Å²) in [6, 6.07) is 9.58. The van der Waals surface area contributed by atoms with E-state index in [0.717, 1.165) is 31.7 Å². The summed E-state index contributed by atoms with van der Waals surface area (Å²) >= 11 is 0. The number of phenols is 1. The number of hydrogen-bond acceptors (Lipinski definition) is 3. The van der Waals surface area contributed by atoms with E-state index in [2.05, 4.69) is 36.8 Å². The van der Waals surface area contributed by atoms with Gasteiger partial charge in [-0.25, -0.2) is 0 Å². The van der Waals surface area contributed by atoms with Crippen LogP contribution in [0.25, 0.3) is 0 Å². The van der Waals surface area contributed by atoms with Crippen LogP contribution in [0.5, 0.6) is 5.75 Å². The van der Waals surface area contributed by atoms with Crippen molar-refractivity contribution in [1.29, 1.82) is 0 Å². The zero-order valence-corrected chi connectivity index (χ0v) is 13.1. The van der Waals surface area contributed by atoms with Crippen LogP contribution in [-0.2, 0) is 19.5 Å². The van der Waals surface area contributed by atoms with Crippen molar-refractivity contribution in [2.24, 2.45) is 5.92 Å². The molecule has 0 aliphatic carbocycles. The van der Waals surface area contributed by atoms with Gasteiger partial charge < -0.3 is 10.4 Å². The van der Waals surface area contributed by atoms with E-state index in [1.807, 2.05) is 12.1 Å². The highest BCUT2D eigenvalue weighted by molar-refractivity contribution is 5.29. The lowest BCUT2D eigenvalue weighted by Gasteiger charge is -2.10. The van der Waals surface area contributed by atoms with Gasteiger partial charge in [-0.2, -0.15) is 5.10 Å². The van der Waals surface area contributed by atoms with Gasteiger partial charge in [0.15, 0.2) is 0 Å². The lowest BCUT2D eigenvalue weighted by Crippen LogP contribution is -2.13. The predicted octanol–water partition coefficient (Wildman–Crippen LogP) is 2.95. The van der Waals surface area contributed by atoms with E-state index in [-0.39, 0.29) is 0 Å². The molecule has 0 aliphatic heterocycles. The first-order valence-electron chi connectivity index (χ1n) is 7.62. The topological polar surface area (TPSA) is 50.1 Å². The van der Waals surface area contributed by atoms with Crippen LogP contribution in [0.1, 0.15) is 37.7 Å². The van der Waals surface area contributed by atoms with Crippen molar-refractivity contribution >= 4 is 0 Å². The van der Waals surface area contributed by atoms with Crippen molar-refractivity contribution in [2.45, 2.75) is 40.3 Å². The Morgan fingerprint density at radius 2 is 1.95 bits per heavy atom. The molecule has 0 unspecified atom stereocenters. The summed E-state index contributed by atoms with van der Waals surface area (Å²) in [6.07, 6.45) is 0.839. The zero-order chi connectivity index (χ0) is 15.2. The van der Waals surface area contributed by atoms with Gasteiger partial charge in [0.25, 0.3) is 0 Å². The number of nitrogens with zero attached hydrogens (tertiary/aromatic N) is 2. The summed E-state index contributed by atoms with van der Waals surface area (Å²) in [5.41, 5.74) is 3.50. The number of aromatic hydroxyl groups is 1. The predicted molar refractivity (Wildman–Crippen MR) is 85.4 cm³/mol. The number of phenolic OH excluding ortho intramolecular Hbond substituents is 1. The van der Waals surface area contributed by atoms with Crippen LogP contribution in [-0.4, -0.2) is 21.4 Å². The van der Waals surface area contributed by atoms with E-state index in [9.17, 15) is 5.11 Å². The Kier molecular flexibility index (Phi) is 5.39. The molecular weight excluding hydrogens is 262 g/mol. The molecular formula is C17H25N3O. The van der Waals surface area contributed by atoms with Gasteiger partial charge in [0.2, 0.25) is 0 Å². The van der Waals surface area contributed by atoms with Crippen LogP contribution in [0.2, 0.25) is 0 Å². The first kappa shape index (κ1) is 15.6. The van der Waals surface area contributed by atoms with E-state index in [4.69, 9.17) is 5.10 Å². The molecule has 0 saturated carbocycles. The summed E-state index contributed by atoms with van der Waals surface area (Å²) in [5.74, 6) is 0.873. The van der Waals surface area contributed by atoms with Gasteiger partial charge in [-0.15, -0.1) is 0 Å². The van der Waals surface area contributed by atoms with Crippen LogP contribution in [0.15, 0.2) is 30.3 Å². The van der Waals surface area contributed by atoms with Crippen LogP contribution in [0, 0.1) is 5.92 Å². The maximum absolute atomic E-state index is 9.37. The Labute approximate surface area is 126 Å². The van der Waals surface area contributed by atoms with Crippen molar-refractivity contribution in [3.63, 3.8) is 0 Å². The number of hydrogen-bond donors (Lipinski definition) is 2. The second-order valence-corrected chi connectivity index (χ2v) is 5.83. The fraction of sp³-hybridized carbons (Fsp3) is 0.471. The summed E-state index contributed by atoms with van der Waals surface area (Å²) in [4.78, 5) is 0. The zero-order valence-electron chi connectivity index (χ0n) is 13.1. The molecule has 21 heavy (non-hydrogen) atoms. The van der Waals surface area contributed by atoms with Gasteiger partial charge in [0.1, 0.15) is 5.75 Å². The minimum Gasteiger partial charge on any atom is -0.508 e. The van der Waals surface area contributed by atoms with Crippen LogP contribution < -0.4 is 5.32 Å². The van der Waals surface area contributed by atoms with Crippen molar-refractivity contribution in [1.82, 2.24) is 15.1 Å². The minimum atomic E-state index is 0.308. The third-order valence-electron chi connectivity index (χ3n) is 3.33. The van der Waals surface area contributed by atoms with E-state index >= 15 is 0 Å². The van der Waals surface area contributed by atoms with E-state index in [1.165, 1.54) is 11.3 Å². The molecule has 4 nitrogen and oxygen atoms in total. The molecule has 0 radical (unpaired) electrons. The normalized spacial score (nSPS) is 11.2. The standard InChI is InChI=1S/C17H25N3O/c1-4-18-11-15-10-16(20(19-15)12-13(2)3)9-14-5-7-17(21)8-6-14/h5-8,10,13,18,21H,4,9,11-12H2,1-3H3. The summed E-state index contributed by atoms with van der Waals surface area (Å²) in [7, 11) is 0. The van der Waals surface area contributed by atoms with Gasteiger partial charge in [-0.3, -0.25) is 4.68 Å². The molecule has 1 aromatic heterocycles. The van der Waals surface area contributed by atoms with Crippen molar-refractivity contribution in [2.75, 3.05) is 6.54 Å². The smallest absolute Gasteiger partial charge is 0.115 e. The number of benzene rings is 1. The van der Waals surface area contributed by atoms with Crippen LogP contribution in [0.3, 0.4) is 0 Å². The summed E-state index contributed by atoms with van der Waals surface area (Å²) in [6.45, 7) is 9.20. The van der Waals surface area contributed by atoms with Crippen LogP contribution >= 0.6 is 0 Å². The van der Waals surface area contributed by atoms with E-state index < -0.39 is 0 Å². The molecule has 0 aliphatic rings. The van der Waals surface area contributed by atoms with Gasteiger partial charge in [0.05, 0.1) is 5.69 Å². The van der Waals surface area contributed by atoms with E-state index in [0.29, 0.717) is 11.7 Å². The average molecular weight is 287 g/mol. The second kappa shape index (κ2) is 7.27. The molecule has 114 valence electrons. The lowest BCUT2D eigenvalue weighted by molar-refractivity contribution is 0.466. The Bertz CT molecular complexity index is 558. The Morgan fingerprint density at radius 1 is 1.24 bits per heavy atom. The Hall–Kier alpha value is -1.81. The molecule has 1 heterocycles. The van der Waals surface area contributed by atoms with Crippen molar-refractivity contribution in [3.8, 4) is 5.75 Å². The fourth-order valence-electron chi connectivity index (χ4n) is 2.32. The Morgan fingerprint density at radius 3 is 2.57 bits per heavy atom. The molecule has 2 rings (SSSR count). The molecule has 2 N–H and O–H groups in total. The minimum absolute atomic E-state index is 0.308. The molecule has 0 bridgehead atoms. The molecule has 0 spiro atoms. The number of nitrogens with one attached hydrogen (secondary N) is 1. The second-order valence-electron chi connectivity index (χ2n) is 5.83. The lowest BCUT2D eigenvalue weighted by atomic mass is 10.1. The molecule has 2 aromatic rings. The fourth-order valence-corrected chi connectivity index (χ4v) is 2.32. The van der Waals surface area contributed by atoms with Gasteiger partial charge in [-0.05, 0) is 36.2 Å². The highest BCUT2D eigenvalue weighted by atomic mass is 16.3. The average Bonchev–Trinajstić information content (AvgIpc) is 2.80. The molecule has 0 saturated heterocycles. The largest absolute Gasteiger partial charge is 0.508 e. The highest BCUT2D eigenvalue weighted by Gasteiger charge is 2.10. The Balaban J connectivity index is 2.18. The SMILES string of the molecule is CCNCc1cc(Cc2ccc(O)cc2)n(CC(C)C)n1. The maximum Gasteiger partial charge on any atom is 0.115 e. The molecule has 0 amide bonds. The number of rotatable bonds is 7. The first-order chi connectivity index (χ1) is 10.1. The van der Waals surface area contributed by atoms with Crippen molar-refractivity contribution in [3.05, 3.63) is 47.3 Å². The van der Waals surface area contributed by atoms with Gasteiger partial charge >= 0.3 is 0 Å². The summed E-state index contributed by atoms with van der Waals surface area (Å²) in [5, 5.41) is 17.4. The monoisotopic (exact) mass is 287 g/mol. The van der Waals surface area contributed by atoms with Gasteiger partial charge in [0, 0.05) is 25.2 Å². The molecule has 1 aromatic carbocycles. The third kappa shape index (κ3) is 4.60. The summed E-state index contributed by atoms with van der Waals surface area (Å²) < 4.78 is 2.12. The van der Waals surface area contributed by atoms with Gasteiger partial charge in [-0.1, -0.05) is 32.9 Å². The molecule has 0 atom stereocenters. The van der Waals surface area contributed by atoms with Crippen molar-refractivity contribution < 1.29 is 5.11 Å². The third-order valence-corrected chi connectivity index (χ3v) is 3.33. The van der Waals surface area contributed by atoms with Crippen LogP contribution in [0.4, 0.5) is 0 Å². The van der Waals surface area contributed by atoms with E-state index in [1.54, 1.807) is 12.1 Å². The quantitative estimate of drug-likeness (QED) is 0.823. The molecule has 4 heteroatoms. The molecule has 0 fully saturated rings. The number of aromatic nitrogens is 2. The maximum atomic E-state index is 9.37. The first-order valence-corrected chi connectivity index (χ1v) is 7.62. The highest BCUT2D eigenvalue weighted by Crippen LogP contribution is 2.16.